The van der Waals surface area contributed by atoms with E-state index in [-0.39, 0.29) is 12.5 Å². The molecular weight excluding hydrogens is 206 g/mol. The number of hydrogen-bond donors (Lipinski definition) is 2. The molecule has 4 nitrogen and oxygen atoms in total. The molecule has 0 aliphatic carbocycles. The van der Waals surface area contributed by atoms with Crippen molar-refractivity contribution in [3.8, 4) is 0 Å². The number of rotatable bonds is 5. The molecule has 1 rings (SSSR count). The maximum atomic E-state index is 11.6. The Morgan fingerprint density at radius 2 is 2.31 bits per heavy atom. The number of carbonyl (C=O) groups is 1. The van der Waals surface area contributed by atoms with Gasteiger partial charge < -0.3 is 14.8 Å². The fourth-order valence-corrected chi connectivity index (χ4v) is 1.56. The molecule has 0 saturated heterocycles. The third kappa shape index (κ3) is 3.70. The average Bonchev–Trinajstić information content (AvgIpc) is 2.61. The number of aryl methyl sites for hydroxylation is 1. The van der Waals surface area contributed by atoms with Gasteiger partial charge in [0.25, 0.3) is 5.91 Å². The molecule has 0 fully saturated rings. The van der Waals surface area contributed by atoms with Crippen molar-refractivity contribution in [1.29, 1.82) is 0 Å². The predicted octanol–water partition coefficient (Wildman–Crippen LogP) is 1.87. The van der Waals surface area contributed by atoms with E-state index in [4.69, 9.17) is 4.42 Å². The summed E-state index contributed by atoms with van der Waals surface area (Å²) in [6, 6.07) is 1.67. The summed E-state index contributed by atoms with van der Waals surface area (Å²) in [5.41, 5.74) is -0.354. The van der Waals surface area contributed by atoms with Gasteiger partial charge in [0.15, 0.2) is 0 Å². The molecule has 0 aliphatic rings. The minimum atomic E-state index is -0.844. The lowest BCUT2D eigenvalue weighted by molar-refractivity contribution is 0.0469. The van der Waals surface area contributed by atoms with Gasteiger partial charge in [0.05, 0.1) is 11.2 Å². The van der Waals surface area contributed by atoms with Crippen molar-refractivity contribution in [3.63, 3.8) is 0 Å². The summed E-state index contributed by atoms with van der Waals surface area (Å²) in [4.78, 5) is 11.6. The molecule has 1 heterocycles. The molecular formula is C12H19NO3. The molecule has 0 radical (unpaired) electrons. The second-order valence-corrected chi connectivity index (χ2v) is 4.38. The fraction of sp³-hybridized carbons (Fsp3) is 0.583. The molecule has 0 bridgehead atoms. The second kappa shape index (κ2) is 5.16. The Bertz CT molecular complexity index is 355. The molecule has 0 spiro atoms. The highest BCUT2D eigenvalue weighted by atomic mass is 16.3. The van der Waals surface area contributed by atoms with Crippen LogP contribution in [0.15, 0.2) is 16.7 Å². The molecule has 4 heteroatoms. The van der Waals surface area contributed by atoms with Gasteiger partial charge in [0, 0.05) is 6.54 Å². The third-order valence-corrected chi connectivity index (χ3v) is 2.41. The van der Waals surface area contributed by atoms with E-state index in [1.807, 2.05) is 6.92 Å². The summed E-state index contributed by atoms with van der Waals surface area (Å²) in [5.74, 6) is 0.485. The molecule has 1 atom stereocenters. The fourth-order valence-electron chi connectivity index (χ4n) is 1.56. The maximum absolute atomic E-state index is 11.6. The van der Waals surface area contributed by atoms with Gasteiger partial charge in [-0.2, -0.15) is 0 Å². The molecule has 90 valence electrons. The first kappa shape index (κ1) is 12.8. The van der Waals surface area contributed by atoms with Crippen molar-refractivity contribution >= 4 is 5.91 Å². The van der Waals surface area contributed by atoms with E-state index in [1.165, 1.54) is 6.26 Å². The minimum Gasteiger partial charge on any atom is -0.469 e. The van der Waals surface area contributed by atoms with E-state index in [1.54, 1.807) is 19.9 Å². The van der Waals surface area contributed by atoms with Gasteiger partial charge in [0.2, 0.25) is 0 Å². The van der Waals surface area contributed by atoms with E-state index in [0.717, 1.165) is 6.42 Å². The van der Waals surface area contributed by atoms with Crippen LogP contribution in [0.4, 0.5) is 0 Å². The molecule has 16 heavy (non-hydrogen) atoms. The average molecular weight is 225 g/mol. The summed E-state index contributed by atoms with van der Waals surface area (Å²) in [7, 11) is 0. The first-order valence-corrected chi connectivity index (χ1v) is 5.50. The summed E-state index contributed by atoms with van der Waals surface area (Å²) in [5, 5.41) is 12.6. The van der Waals surface area contributed by atoms with Crippen LogP contribution < -0.4 is 5.32 Å². The molecule has 1 unspecified atom stereocenters. The Labute approximate surface area is 95.7 Å². The number of nitrogens with one attached hydrogen (secondary N) is 1. The number of hydrogen-bond acceptors (Lipinski definition) is 3. The van der Waals surface area contributed by atoms with Gasteiger partial charge in [-0.15, -0.1) is 0 Å². The lowest BCUT2D eigenvalue weighted by Gasteiger charge is -2.22. The van der Waals surface area contributed by atoms with Crippen LogP contribution in [0.5, 0.6) is 0 Å². The van der Waals surface area contributed by atoms with E-state index in [0.29, 0.717) is 17.7 Å². The van der Waals surface area contributed by atoms with Gasteiger partial charge in [-0.05, 0) is 26.3 Å². The quantitative estimate of drug-likeness (QED) is 0.804. The van der Waals surface area contributed by atoms with E-state index >= 15 is 0 Å². The van der Waals surface area contributed by atoms with Crippen molar-refractivity contribution in [1.82, 2.24) is 5.32 Å². The topological polar surface area (TPSA) is 62.5 Å². The normalized spacial score (nSPS) is 14.5. The standard InChI is InChI=1S/C12H19NO3/c1-4-5-12(3,15)8-13-11(14)10-6-9(2)16-7-10/h6-7,15H,4-5,8H2,1-3H3,(H,13,14). The number of furan rings is 1. The molecule has 2 N–H and O–H groups in total. The van der Waals surface area contributed by atoms with Crippen LogP contribution in [0.25, 0.3) is 0 Å². The Kier molecular flexibility index (Phi) is 4.12. The minimum absolute atomic E-state index is 0.215. The van der Waals surface area contributed by atoms with Crippen molar-refractivity contribution < 1.29 is 14.3 Å². The van der Waals surface area contributed by atoms with Crippen molar-refractivity contribution in [3.05, 3.63) is 23.7 Å². The number of carbonyl (C=O) groups excluding carboxylic acids is 1. The number of aliphatic hydroxyl groups is 1. The van der Waals surface area contributed by atoms with Crippen LogP contribution >= 0.6 is 0 Å². The first-order valence-electron chi connectivity index (χ1n) is 5.50. The third-order valence-electron chi connectivity index (χ3n) is 2.41. The largest absolute Gasteiger partial charge is 0.469 e. The zero-order valence-electron chi connectivity index (χ0n) is 10.0. The van der Waals surface area contributed by atoms with Gasteiger partial charge in [0.1, 0.15) is 12.0 Å². The van der Waals surface area contributed by atoms with E-state index < -0.39 is 5.60 Å². The smallest absolute Gasteiger partial charge is 0.254 e. The molecule has 0 aliphatic heterocycles. The summed E-state index contributed by atoms with van der Waals surface area (Å²) >= 11 is 0. The monoisotopic (exact) mass is 225 g/mol. The molecule has 0 saturated carbocycles. The number of amides is 1. The van der Waals surface area contributed by atoms with E-state index in [9.17, 15) is 9.90 Å². The Balaban J connectivity index is 2.47. The summed E-state index contributed by atoms with van der Waals surface area (Å²) in [6.07, 6.45) is 2.96. The zero-order valence-corrected chi connectivity index (χ0v) is 10.0. The SMILES string of the molecule is CCCC(C)(O)CNC(=O)c1coc(C)c1. The molecule has 1 amide bonds. The summed E-state index contributed by atoms with van der Waals surface area (Å²) < 4.78 is 5.04. The van der Waals surface area contributed by atoms with Crippen LogP contribution in [-0.2, 0) is 0 Å². The Morgan fingerprint density at radius 3 is 2.81 bits per heavy atom. The highest BCUT2D eigenvalue weighted by Gasteiger charge is 2.20. The van der Waals surface area contributed by atoms with Crippen LogP contribution in [-0.4, -0.2) is 23.2 Å². The van der Waals surface area contributed by atoms with Crippen LogP contribution in [0.1, 0.15) is 42.8 Å². The van der Waals surface area contributed by atoms with Gasteiger partial charge >= 0.3 is 0 Å². The van der Waals surface area contributed by atoms with Gasteiger partial charge in [-0.1, -0.05) is 13.3 Å². The van der Waals surface area contributed by atoms with Crippen molar-refractivity contribution in [2.45, 2.75) is 39.2 Å². The van der Waals surface area contributed by atoms with Crippen LogP contribution in [0, 0.1) is 6.92 Å². The van der Waals surface area contributed by atoms with E-state index in [2.05, 4.69) is 5.32 Å². The van der Waals surface area contributed by atoms with Crippen LogP contribution in [0.2, 0.25) is 0 Å². The predicted molar refractivity (Wildman–Crippen MR) is 61.3 cm³/mol. The van der Waals surface area contributed by atoms with Crippen molar-refractivity contribution in [2.24, 2.45) is 0 Å². The maximum Gasteiger partial charge on any atom is 0.254 e. The Hall–Kier alpha value is -1.29. The zero-order chi connectivity index (χ0) is 12.2. The van der Waals surface area contributed by atoms with Gasteiger partial charge in [-0.3, -0.25) is 4.79 Å². The highest BCUT2D eigenvalue weighted by Crippen LogP contribution is 2.11. The molecule has 1 aromatic rings. The van der Waals surface area contributed by atoms with Crippen LogP contribution in [0.3, 0.4) is 0 Å². The molecule has 1 aromatic heterocycles. The lowest BCUT2D eigenvalue weighted by Crippen LogP contribution is -2.40. The van der Waals surface area contributed by atoms with Gasteiger partial charge in [-0.25, -0.2) is 0 Å². The lowest BCUT2D eigenvalue weighted by atomic mass is 10.0. The second-order valence-electron chi connectivity index (χ2n) is 4.38. The summed E-state index contributed by atoms with van der Waals surface area (Å²) in [6.45, 7) is 5.75. The first-order chi connectivity index (χ1) is 7.44. The highest BCUT2D eigenvalue weighted by molar-refractivity contribution is 5.93. The molecule has 0 aromatic carbocycles. The Morgan fingerprint density at radius 1 is 1.62 bits per heavy atom. The van der Waals surface area contributed by atoms with Crippen molar-refractivity contribution in [2.75, 3.05) is 6.54 Å².